The van der Waals surface area contributed by atoms with Crippen LogP contribution in [-0.2, 0) is 0 Å². The van der Waals surface area contributed by atoms with E-state index >= 15 is 0 Å². The van der Waals surface area contributed by atoms with Gasteiger partial charge in [0.05, 0.1) is 0 Å². The van der Waals surface area contributed by atoms with E-state index in [1.165, 1.54) is 108 Å². The second kappa shape index (κ2) is 16.2. The summed E-state index contributed by atoms with van der Waals surface area (Å²) in [5.41, 5.74) is 0. The maximum absolute atomic E-state index is 2.24. The summed E-state index contributed by atoms with van der Waals surface area (Å²) in [5, 5.41) is 26.6. The lowest BCUT2D eigenvalue weighted by atomic mass is 9.95. The monoisotopic (exact) mass is 786 g/mol. The van der Waals surface area contributed by atoms with E-state index in [4.69, 9.17) is 0 Å². The first-order valence-corrected chi connectivity index (χ1v) is 21.4. The van der Waals surface area contributed by atoms with Crippen LogP contribution in [0.3, 0.4) is 0 Å². The number of rotatable bonds is 0. The lowest BCUT2D eigenvalue weighted by Crippen LogP contribution is -1.82. The zero-order valence-corrected chi connectivity index (χ0v) is 34.2. The first-order valence-electron chi connectivity index (χ1n) is 21.4. The van der Waals surface area contributed by atoms with Crippen LogP contribution in [0.2, 0.25) is 0 Å². The Morgan fingerprint density at radius 3 is 0.645 bits per heavy atom. The lowest BCUT2D eigenvalue weighted by molar-refractivity contribution is 1.76. The molecule has 0 radical (unpaired) electrons. The van der Waals surface area contributed by atoms with Crippen LogP contribution in [0.1, 0.15) is 0 Å². The highest BCUT2D eigenvalue weighted by Crippen LogP contribution is 2.34. The smallest absolute Gasteiger partial charge is 0.00268 e. The number of hydrogen-bond acceptors (Lipinski definition) is 0. The van der Waals surface area contributed by atoms with E-state index in [9.17, 15) is 0 Å². The standard InChI is InChI=1S/C18H12.C16H10.2C14H10/c1-3-7-15-13(5-1)9-11-18-16-8-4-2-6-14(16)10-12-17(15)18;1-3-11-7-9-13-5-2-6-14-10-8-12(4-1)15(11)16(13)14;1-3-7-13-11(5-1)9-10-12-6-2-4-8-14(12)13;1-2-6-12-10-14-8-4-3-7-13(14)9-11(12)5-1/h1-12H;1-10H;2*1-10H. The van der Waals surface area contributed by atoms with Crippen LogP contribution in [0.25, 0.3) is 108 Å². The molecule has 0 saturated heterocycles. The van der Waals surface area contributed by atoms with Crippen molar-refractivity contribution in [3.05, 3.63) is 255 Å². The summed E-state index contributed by atoms with van der Waals surface area (Å²) in [5.74, 6) is 0. The van der Waals surface area contributed by atoms with E-state index < -0.39 is 0 Å². The summed E-state index contributed by atoms with van der Waals surface area (Å²) >= 11 is 0. The van der Waals surface area contributed by atoms with Crippen molar-refractivity contribution >= 4 is 108 Å². The van der Waals surface area contributed by atoms with Gasteiger partial charge in [-0.05, 0) is 120 Å². The molecule has 0 heteroatoms. The molecular formula is C62H42. The van der Waals surface area contributed by atoms with Gasteiger partial charge >= 0.3 is 0 Å². The third kappa shape index (κ3) is 6.98. The molecule has 0 atom stereocenters. The van der Waals surface area contributed by atoms with E-state index in [0.29, 0.717) is 0 Å². The average Bonchev–Trinajstić information content (AvgIpc) is 3.35. The molecule has 0 amide bonds. The van der Waals surface area contributed by atoms with Gasteiger partial charge in [-0.15, -0.1) is 0 Å². The second-order valence-electron chi connectivity index (χ2n) is 16.0. The van der Waals surface area contributed by atoms with Crippen LogP contribution in [0, 0.1) is 0 Å². The molecule has 62 heavy (non-hydrogen) atoms. The highest BCUT2D eigenvalue weighted by molar-refractivity contribution is 6.23. The van der Waals surface area contributed by atoms with Crippen molar-refractivity contribution in [1.82, 2.24) is 0 Å². The summed E-state index contributed by atoms with van der Waals surface area (Å²) < 4.78 is 0. The normalized spacial score (nSPS) is 11.2. The van der Waals surface area contributed by atoms with Crippen molar-refractivity contribution in [1.29, 1.82) is 0 Å². The molecule has 14 rings (SSSR count). The predicted molar refractivity (Wildman–Crippen MR) is 272 cm³/mol. The molecule has 0 spiro atoms. The molecule has 0 N–H and O–H groups in total. The molecule has 0 saturated carbocycles. The molecule has 0 nitrogen and oxygen atoms in total. The fraction of sp³-hybridized carbons (Fsp3) is 0. The Bertz CT molecular complexity index is 3490. The number of hydrogen-bond donors (Lipinski definition) is 0. The zero-order chi connectivity index (χ0) is 41.2. The molecule has 290 valence electrons. The lowest BCUT2D eigenvalue weighted by Gasteiger charge is -2.09. The van der Waals surface area contributed by atoms with Crippen LogP contribution >= 0.6 is 0 Å². The molecule has 0 aliphatic carbocycles. The van der Waals surface area contributed by atoms with Crippen LogP contribution in [0.15, 0.2) is 255 Å². The predicted octanol–water partition coefficient (Wildman–Crippen LogP) is 17.7. The summed E-state index contributed by atoms with van der Waals surface area (Å²) in [6.07, 6.45) is 0. The summed E-state index contributed by atoms with van der Waals surface area (Å²) in [4.78, 5) is 0. The summed E-state index contributed by atoms with van der Waals surface area (Å²) in [6, 6.07) is 90.7. The molecule has 0 aromatic heterocycles. The Balaban J connectivity index is 0.0000000934. The van der Waals surface area contributed by atoms with Crippen molar-refractivity contribution in [2.45, 2.75) is 0 Å². The van der Waals surface area contributed by atoms with E-state index in [2.05, 4.69) is 255 Å². The Hall–Kier alpha value is -8.06. The molecule has 14 aromatic rings. The molecule has 0 unspecified atom stereocenters. The minimum atomic E-state index is 1.31. The van der Waals surface area contributed by atoms with Gasteiger partial charge in [0, 0.05) is 0 Å². The maximum atomic E-state index is 2.24. The fourth-order valence-electron chi connectivity index (χ4n) is 9.28. The Labute approximate surface area is 360 Å². The molecule has 0 bridgehead atoms. The van der Waals surface area contributed by atoms with Crippen molar-refractivity contribution in [2.75, 3.05) is 0 Å². The van der Waals surface area contributed by atoms with Crippen LogP contribution in [0.5, 0.6) is 0 Å². The van der Waals surface area contributed by atoms with Crippen molar-refractivity contribution in [3.63, 3.8) is 0 Å². The molecule has 0 fully saturated rings. The van der Waals surface area contributed by atoms with Gasteiger partial charge in [0.25, 0.3) is 0 Å². The van der Waals surface area contributed by atoms with E-state index in [1.54, 1.807) is 0 Å². The topological polar surface area (TPSA) is 0 Å². The maximum Gasteiger partial charge on any atom is -0.00268 e. The van der Waals surface area contributed by atoms with Gasteiger partial charge in [-0.25, -0.2) is 0 Å². The van der Waals surface area contributed by atoms with Crippen molar-refractivity contribution in [2.24, 2.45) is 0 Å². The van der Waals surface area contributed by atoms with Crippen molar-refractivity contribution in [3.8, 4) is 0 Å². The number of benzene rings is 14. The summed E-state index contributed by atoms with van der Waals surface area (Å²) in [7, 11) is 0. The molecule has 0 aliphatic rings. The van der Waals surface area contributed by atoms with Gasteiger partial charge in [0.1, 0.15) is 0 Å². The number of fused-ring (bicyclic) bond motifs is 10. The first-order chi connectivity index (χ1) is 30.7. The third-order valence-corrected chi connectivity index (χ3v) is 12.3. The molecule has 0 heterocycles. The Kier molecular flexibility index (Phi) is 9.65. The second-order valence-corrected chi connectivity index (χ2v) is 16.0. The molecular weight excluding hydrogens is 745 g/mol. The quantitative estimate of drug-likeness (QED) is 0.106. The first kappa shape index (κ1) is 37.0. The zero-order valence-electron chi connectivity index (χ0n) is 34.2. The highest BCUT2D eigenvalue weighted by atomic mass is 14.1. The van der Waals surface area contributed by atoms with Crippen LogP contribution in [0.4, 0.5) is 0 Å². The van der Waals surface area contributed by atoms with Gasteiger partial charge in [0.2, 0.25) is 0 Å². The van der Waals surface area contributed by atoms with Crippen LogP contribution in [-0.4, -0.2) is 0 Å². The molecule has 0 aliphatic heterocycles. The van der Waals surface area contributed by atoms with Gasteiger partial charge in [-0.3, -0.25) is 0 Å². The van der Waals surface area contributed by atoms with Crippen LogP contribution < -0.4 is 0 Å². The van der Waals surface area contributed by atoms with Gasteiger partial charge in [-0.2, -0.15) is 0 Å². The Morgan fingerprint density at radius 2 is 0.339 bits per heavy atom. The van der Waals surface area contributed by atoms with Gasteiger partial charge in [-0.1, -0.05) is 243 Å². The third-order valence-electron chi connectivity index (χ3n) is 12.3. The van der Waals surface area contributed by atoms with Gasteiger partial charge < -0.3 is 0 Å². The largest absolute Gasteiger partial charge is 0.0616 e. The van der Waals surface area contributed by atoms with E-state index in [0.717, 1.165) is 0 Å². The SMILES string of the molecule is c1cc2ccc3cccc4ccc(c1)c2c34.c1ccc2c(c1)ccc1c3ccccc3ccc21.c1ccc2c(c1)ccc1ccccc12.c1ccc2cc3ccccc3cc2c1. The minimum absolute atomic E-state index is 1.31. The van der Waals surface area contributed by atoms with Gasteiger partial charge in [0.15, 0.2) is 0 Å². The Morgan fingerprint density at radius 1 is 0.129 bits per heavy atom. The summed E-state index contributed by atoms with van der Waals surface area (Å²) in [6.45, 7) is 0. The fourth-order valence-corrected chi connectivity index (χ4v) is 9.28. The van der Waals surface area contributed by atoms with Crippen molar-refractivity contribution < 1.29 is 0 Å². The average molecular weight is 787 g/mol. The highest BCUT2D eigenvalue weighted by Gasteiger charge is 2.07. The minimum Gasteiger partial charge on any atom is -0.0616 e. The van der Waals surface area contributed by atoms with E-state index in [1.807, 2.05) is 0 Å². The van der Waals surface area contributed by atoms with E-state index in [-0.39, 0.29) is 0 Å². The molecule has 14 aromatic carbocycles.